The number of nitrogens with zero attached hydrogens (tertiary/aromatic N) is 2. The number of carboxylic acids is 1. The van der Waals surface area contributed by atoms with E-state index in [0.29, 0.717) is 9.92 Å². The second-order valence-electron chi connectivity index (χ2n) is 3.51. The summed E-state index contributed by atoms with van der Waals surface area (Å²) in [5.74, 6) is -1.13. The van der Waals surface area contributed by atoms with E-state index in [2.05, 4.69) is 4.98 Å². The van der Waals surface area contributed by atoms with Crippen LogP contribution in [0.3, 0.4) is 0 Å². The summed E-state index contributed by atoms with van der Waals surface area (Å²) in [6.45, 7) is 0. The SMILES string of the molecule is O=C(O)c1ccc([N+](=O)[O-])cc1Sc1ccccn1. The monoisotopic (exact) mass is 276 g/mol. The first-order chi connectivity index (χ1) is 9.08. The standard InChI is InChI=1S/C12H8N2O4S/c15-12(16)9-5-4-8(14(17)18)7-10(9)19-11-3-1-2-6-13-11/h1-7H,(H,15,16). The van der Waals surface area contributed by atoms with Crippen LogP contribution < -0.4 is 0 Å². The number of nitro benzene ring substituents is 1. The van der Waals surface area contributed by atoms with Gasteiger partial charge in [0.15, 0.2) is 0 Å². The molecule has 0 aliphatic heterocycles. The molecule has 0 aliphatic rings. The molecule has 19 heavy (non-hydrogen) atoms. The van der Waals surface area contributed by atoms with E-state index in [1.165, 1.54) is 18.2 Å². The molecule has 0 fully saturated rings. The van der Waals surface area contributed by atoms with Crippen LogP contribution in [0.5, 0.6) is 0 Å². The Kier molecular flexibility index (Phi) is 3.76. The Hall–Kier alpha value is -2.41. The maximum atomic E-state index is 11.1. The highest BCUT2D eigenvalue weighted by atomic mass is 32.2. The average molecular weight is 276 g/mol. The molecule has 0 saturated carbocycles. The molecule has 6 nitrogen and oxygen atoms in total. The smallest absolute Gasteiger partial charge is 0.336 e. The number of aromatic carboxylic acids is 1. The first kappa shape index (κ1) is 13.0. The van der Waals surface area contributed by atoms with E-state index in [-0.39, 0.29) is 11.3 Å². The minimum absolute atomic E-state index is 0.0150. The molecule has 0 atom stereocenters. The molecule has 0 spiro atoms. The highest BCUT2D eigenvalue weighted by molar-refractivity contribution is 7.99. The summed E-state index contributed by atoms with van der Waals surface area (Å²) >= 11 is 1.08. The van der Waals surface area contributed by atoms with Crippen molar-refractivity contribution >= 4 is 23.4 Å². The predicted molar refractivity (Wildman–Crippen MR) is 68.4 cm³/mol. The van der Waals surface area contributed by atoms with Gasteiger partial charge in [-0.3, -0.25) is 10.1 Å². The second kappa shape index (κ2) is 5.49. The lowest BCUT2D eigenvalue weighted by Gasteiger charge is -2.04. The maximum absolute atomic E-state index is 11.1. The molecule has 0 amide bonds. The van der Waals surface area contributed by atoms with Crippen LogP contribution in [0.1, 0.15) is 10.4 Å². The number of aromatic nitrogens is 1. The number of rotatable bonds is 4. The number of nitro groups is 1. The Morgan fingerprint density at radius 1 is 1.32 bits per heavy atom. The van der Waals surface area contributed by atoms with E-state index in [1.807, 2.05) is 0 Å². The molecule has 2 aromatic rings. The van der Waals surface area contributed by atoms with Crippen LogP contribution in [0, 0.1) is 10.1 Å². The van der Waals surface area contributed by atoms with Gasteiger partial charge in [0, 0.05) is 23.2 Å². The van der Waals surface area contributed by atoms with Crippen molar-refractivity contribution in [1.82, 2.24) is 4.98 Å². The summed E-state index contributed by atoms with van der Waals surface area (Å²) in [5.41, 5.74) is -0.135. The van der Waals surface area contributed by atoms with E-state index in [0.717, 1.165) is 11.8 Å². The zero-order valence-corrected chi connectivity index (χ0v) is 10.3. The molecule has 0 unspecified atom stereocenters. The van der Waals surface area contributed by atoms with Crippen molar-refractivity contribution in [2.75, 3.05) is 0 Å². The molecule has 1 aromatic carbocycles. The quantitative estimate of drug-likeness (QED) is 0.681. The molecule has 0 bridgehead atoms. The lowest BCUT2D eigenvalue weighted by molar-refractivity contribution is -0.385. The molecule has 7 heteroatoms. The molecule has 1 N–H and O–H groups in total. The Morgan fingerprint density at radius 3 is 2.68 bits per heavy atom. The number of benzene rings is 1. The fourth-order valence-electron chi connectivity index (χ4n) is 1.41. The van der Waals surface area contributed by atoms with Crippen LogP contribution in [0.25, 0.3) is 0 Å². The van der Waals surface area contributed by atoms with Crippen LogP contribution in [-0.4, -0.2) is 21.0 Å². The van der Waals surface area contributed by atoms with Gasteiger partial charge in [-0.25, -0.2) is 9.78 Å². The van der Waals surface area contributed by atoms with Crippen molar-refractivity contribution in [3.8, 4) is 0 Å². The Balaban J connectivity index is 2.43. The molecular weight excluding hydrogens is 268 g/mol. The molecule has 0 radical (unpaired) electrons. The molecule has 0 aliphatic carbocycles. The minimum Gasteiger partial charge on any atom is -0.478 e. The lowest BCUT2D eigenvalue weighted by atomic mass is 10.2. The number of pyridine rings is 1. The summed E-state index contributed by atoms with van der Waals surface area (Å²) in [6, 6.07) is 8.83. The summed E-state index contributed by atoms with van der Waals surface area (Å²) in [6.07, 6.45) is 1.57. The zero-order chi connectivity index (χ0) is 13.8. The van der Waals surface area contributed by atoms with Crippen LogP contribution in [0.15, 0.2) is 52.5 Å². The van der Waals surface area contributed by atoms with Crippen molar-refractivity contribution in [2.24, 2.45) is 0 Å². The summed E-state index contributed by atoms with van der Waals surface area (Å²) in [4.78, 5) is 25.6. The normalized spacial score (nSPS) is 10.1. The predicted octanol–water partition coefficient (Wildman–Crippen LogP) is 2.84. The number of hydrogen-bond acceptors (Lipinski definition) is 5. The van der Waals surface area contributed by atoms with E-state index >= 15 is 0 Å². The fraction of sp³-hybridized carbons (Fsp3) is 0. The van der Waals surface area contributed by atoms with Crippen LogP contribution in [-0.2, 0) is 0 Å². The van der Waals surface area contributed by atoms with Gasteiger partial charge in [0.2, 0.25) is 0 Å². The van der Waals surface area contributed by atoms with Gasteiger partial charge in [-0.2, -0.15) is 0 Å². The van der Waals surface area contributed by atoms with Crippen molar-refractivity contribution in [1.29, 1.82) is 0 Å². The molecular formula is C12H8N2O4S. The van der Waals surface area contributed by atoms with E-state index in [9.17, 15) is 14.9 Å². The Labute approximate surface area is 112 Å². The topological polar surface area (TPSA) is 93.3 Å². The first-order valence-corrected chi connectivity index (χ1v) is 6.00. The van der Waals surface area contributed by atoms with Gasteiger partial charge in [0.05, 0.1) is 10.5 Å². The third-order valence-corrected chi connectivity index (χ3v) is 3.27. The average Bonchev–Trinajstić information content (AvgIpc) is 2.39. The van der Waals surface area contributed by atoms with Gasteiger partial charge in [-0.15, -0.1) is 0 Å². The number of hydrogen-bond donors (Lipinski definition) is 1. The van der Waals surface area contributed by atoms with Crippen LogP contribution in [0.2, 0.25) is 0 Å². The molecule has 96 valence electrons. The van der Waals surface area contributed by atoms with Crippen molar-refractivity contribution in [2.45, 2.75) is 9.92 Å². The number of carboxylic acid groups (broad SMARTS) is 1. The zero-order valence-electron chi connectivity index (χ0n) is 9.52. The summed E-state index contributed by atoms with van der Waals surface area (Å²) in [5, 5.41) is 20.4. The van der Waals surface area contributed by atoms with Crippen molar-refractivity contribution in [3.05, 3.63) is 58.3 Å². The van der Waals surface area contributed by atoms with Gasteiger partial charge in [0.1, 0.15) is 5.03 Å². The highest BCUT2D eigenvalue weighted by Crippen LogP contribution is 2.31. The van der Waals surface area contributed by atoms with E-state index in [4.69, 9.17) is 5.11 Å². The van der Waals surface area contributed by atoms with Gasteiger partial charge < -0.3 is 5.11 Å². The van der Waals surface area contributed by atoms with Gasteiger partial charge in [0.25, 0.3) is 5.69 Å². The van der Waals surface area contributed by atoms with Gasteiger partial charge in [-0.05, 0) is 18.2 Å². The third-order valence-electron chi connectivity index (χ3n) is 2.26. The lowest BCUT2D eigenvalue weighted by Crippen LogP contribution is -2.00. The highest BCUT2D eigenvalue weighted by Gasteiger charge is 2.16. The Morgan fingerprint density at radius 2 is 2.11 bits per heavy atom. The molecule has 2 rings (SSSR count). The minimum atomic E-state index is -1.13. The van der Waals surface area contributed by atoms with E-state index < -0.39 is 10.9 Å². The van der Waals surface area contributed by atoms with Gasteiger partial charge >= 0.3 is 5.97 Å². The number of non-ortho nitro benzene ring substituents is 1. The largest absolute Gasteiger partial charge is 0.478 e. The third kappa shape index (κ3) is 3.08. The number of carbonyl (C=O) groups is 1. The van der Waals surface area contributed by atoms with E-state index in [1.54, 1.807) is 24.4 Å². The Bertz CT molecular complexity index is 631. The summed E-state index contributed by atoms with van der Waals surface area (Å²) in [7, 11) is 0. The fourth-order valence-corrected chi connectivity index (χ4v) is 2.34. The van der Waals surface area contributed by atoms with Gasteiger partial charge in [-0.1, -0.05) is 17.8 Å². The van der Waals surface area contributed by atoms with Crippen molar-refractivity contribution < 1.29 is 14.8 Å². The van der Waals surface area contributed by atoms with Crippen LogP contribution in [0.4, 0.5) is 5.69 Å². The molecule has 1 heterocycles. The molecule has 0 saturated heterocycles. The van der Waals surface area contributed by atoms with Crippen LogP contribution >= 0.6 is 11.8 Å². The van der Waals surface area contributed by atoms with Crippen molar-refractivity contribution in [3.63, 3.8) is 0 Å². The first-order valence-electron chi connectivity index (χ1n) is 5.18. The second-order valence-corrected chi connectivity index (χ2v) is 4.57. The maximum Gasteiger partial charge on any atom is 0.336 e. The summed E-state index contributed by atoms with van der Waals surface area (Å²) < 4.78 is 0. The molecule has 1 aromatic heterocycles.